The summed E-state index contributed by atoms with van der Waals surface area (Å²) in [6.45, 7) is -3.05. The van der Waals surface area contributed by atoms with Crippen molar-refractivity contribution in [1.29, 1.82) is 0 Å². The number of carbonyl (C=O) groups excluding carboxylic acids is 2. The van der Waals surface area contributed by atoms with Crippen LogP contribution in [0.25, 0.3) is 0 Å². The molecule has 0 radical (unpaired) electrons. The van der Waals surface area contributed by atoms with Crippen molar-refractivity contribution >= 4 is 17.5 Å². The number of halogens is 3. The molecule has 2 aromatic rings. The van der Waals surface area contributed by atoms with Crippen LogP contribution in [0.1, 0.15) is 5.56 Å². The van der Waals surface area contributed by atoms with E-state index in [-0.39, 0.29) is 23.7 Å². The number of methoxy groups -OCH3 is 1. The minimum atomic E-state index is -3.08. The van der Waals surface area contributed by atoms with E-state index in [4.69, 9.17) is 4.74 Å². The van der Waals surface area contributed by atoms with Crippen molar-refractivity contribution < 1.29 is 32.2 Å². The van der Waals surface area contributed by atoms with Crippen LogP contribution in [0.2, 0.25) is 0 Å². The van der Waals surface area contributed by atoms with Gasteiger partial charge in [0.2, 0.25) is 0 Å². The van der Waals surface area contributed by atoms with Crippen LogP contribution in [0, 0.1) is 5.82 Å². The Kier molecular flexibility index (Phi) is 6.42. The maximum atomic E-state index is 12.8. The van der Waals surface area contributed by atoms with Crippen LogP contribution in [0.15, 0.2) is 42.5 Å². The molecule has 0 spiro atoms. The lowest BCUT2D eigenvalue weighted by Crippen LogP contribution is -2.34. The van der Waals surface area contributed by atoms with Crippen molar-refractivity contribution in [2.75, 3.05) is 12.4 Å². The molecule has 0 aliphatic rings. The highest BCUT2D eigenvalue weighted by Crippen LogP contribution is 2.31. The fourth-order valence-corrected chi connectivity index (χ4v) is 2.00. The summed E-state index contributed by atoms with van der Waals surface area (Å²) in [6, 6.07) is 9.16. The highest BCUT2D eigenvalue weighted by molar-refractivity contribution is 6.39. The van der Waals surface area contributed by atoms with E-state index >= 15 is 0 Å². The second kappa shape index (κ2) is 8.75. The smallest absolute Gasteiger partial charge is 0.387 e. The normalized spacial score (nSPS) is 10.3. The van der Waals surface area contributed by atoms with Crippen molar-refractivity contribution in [1.82, 2.24) is 5.32 Å². The van der Waals surface area contributed by atoms with Crippen molar-refractivity contribution in [2.24, 2.45) is 0 Å². The van der Waals surface area contributed by atoms with Gasteiger partial charge in [-0.3, -0.25) is 9.59 Å². The van der Waals surface area contributed by atoms with E-state index < -0.39 is 24.2 Å². The molecular weight excluding hydrogens is 353 g/mol. The summed E-state index contributed by atoms with van der Waals surface area (Å²) in [4.78, 5) is 23.7. The van der Waals surface area contributed by atoms with Gasteiger partial charge in [0.05, 0.1) is 7.11 Å². The molecule has 2 amide bonds. The third-order valence-electron chi connectivity index (χ3n) is 3.21. The van der Waals surface area contributed by atoms with E-state index in [2.05, 4.69) is 15.4 Å². The Morgan fingerprint density at radius 3 is 2.35 bits per heavy atom. The molecule has 9 heteroatoms. The molecule has 2 N–H and O–H groups in total. The number of carbonyl (C=O) groups is 2. The largest absolute Gasteiger partial charge is 0.493 e. The summed E-state index contributed by atoms with van der Waals surface area (Å²) in [5.41, 5.74) is 0.674. The van der Waals surface area contributed by atoms with Crippen molar-refractivity contribution in [2.45, 2.75) is 13.2 Å². The molecule has 0 atom stereocenters. The van der Waals surface area contributed by atoms with Gasteiger partial charge < -0.3 is 20.1 Å². The summed E-state index contributed by atoms with van der Waals surface area (Å²) in [5, 5.41) is 4.62. The molecule has 0 unspecified atom stereocenters. The number of nitrogens with one attached hydrogen (secondary N) is 2. The molecule has 0 aliphatic carbocycles. The average molecular weight is 368 g/mol. The minimum absolute atomic E-state index is 0.0227. The van der Waals surface area contributed by atoms with Gasteiger partial charge in [0.15, 0.2) is 11.5 Å². The number of benzene rings is 2. The van der Waals surface area contributed by atoms with E-state index in [1.807, 2.05) is 0 Å². The third kappa shape index (κ3) is 5.40. The van der Waals surface area contributed by atoms with Gasteiger partial charge in [-0.25, -0.2) is 4.39 Å². The van der Waals surface area contributed by atoms with Gasteiger partial charge in [0, 0.05) is 18.3 Å². The second-order valence-corrected chi connectivity index (χ2v) is 5.01. The molecule has 2 aromatic carbocycles. The van der Waals surface area contributed by atoms with E-state index in [1.54, 1.807) is 0 Å². The zero-order chi connectivity index (χ0) is 19.1. The first-order valence-corrected chi connectivity index (χ1v) is 7.35. The molecule has 2 rings (SSSR count). The van der Waals surface area contributed by atoms with Gasteiger partial charge in [-0.05, 0) is 29.8 Å². The van der Waals surface area contributed by atoms with Crippen LogP contribution in [-0.4, -0.2) is 25.5 Å². The molecule has 0 bridgehead atoms. The molecule has 0 fully saturated rings. The summed E-state index contributed by atoms with van der Waals surface area (Å²) in [6.07, 6.45) is 0. The molecule has 0 saturated carbocycles. The van der Waals surface area contributed by atoms with E-state index in [9.17, 15) is 22.8 Å². The maximum Gasteiger partial charge on any atom is 0.387 e. The first-order valence-electron chi connectivity index (χ1n) is 7.35. The summed E-state index contributed by atoms with van der Waals surface area (Å²) < 4.78 is 46.8. The molecular formula is C17H15F3N2O4. The predicted octanol–water partition coefficient (Wildman–Crippen LogP) is 2.69. The highest BCUT2D eigenvalue weighted by Gasteiger charge is 2.16. The second-order valence-electron chi connectivity index (χ2n) is 5.01. The van der Waals surface area contributed by atoms with Gasteiger partial charge in [0.1, 0.15) is 5.82 Å². The lowest BCUT2D eigenvalue weighted by Gasteiger charge is -2.12. The molecule has 26 heavy (non-hydrogen) atoms. The Labute approximate surface area is 146 Å². The van der Waals surface area contributed by atoms with Crippen LogP contribution < -0.4 is 20.1 Å². The number of anilines is 1. The first kappa shape index (κ1) is 19.1. The standard InChI is InChI=1S/C17H15F3N2O4/c1-25-13-7-6-12(8-14(13)26-17(19)20)22-16(24)15(23)21-9-10-2-4-11(18)5-3-10/h2-8,17H,9H2,1H3,(H,21,23)(H,22,24). The zero-order valence-corrected chi connectivity index (χ0v) is 13.6. The van der Waals surface area contributed by atoms with E-state index in [0.717, 1.165) is 6.07 Å². The Morgan fingerprint density at radius 1 is 1.04 bits per heavy atom. The number of alkyl halides is 2. The van der Waals surface area contributed by atoms with Gasteiger partial charge in [0.25, 0.3) is 0 Å². The van der Waals surface area contributed by atoms with Gasteiger partial charge in [-0.15, -0.1) is 0 Å². The van der Waals surface area contributed by atoms with Gasteiger partial charge in [-0.1, -0.05) is 12.1 Å². The quantitative estimate of drug-likeness (QED) is 0.769. The summed E-state index contributed by atoms with van der Waals surface area (Å²) in [7, 11) is 1.27. The van der Waals surface area contributed by atoms with Crippen molar-refractivity contribution in [3.8, 4) is 11.5 Å². The van der Waals surface area contributed by atoms with Crippen LogP contribution in [0.4, 0.5) is 18.9 Å². The van der Waals surface area contributed by atoms with Gasteiger partial charge >= 0.3 is 18.4 Å². The molecule has 0 aromatic heterocycles. The Balaban J connectivity index is 1.97. The molecule has 0 heterocycles. The number of amides is 2. The van der Waals surface area contributed by atoms with Crippen LogP contribution in [0.5, 0.6) is 11.5 Å². The zero-order valence-electron chi connectivity index (χ0n) is 13.6. The SMILES string of the molecule is COc1ccc(NC(=O)C(=O)NCc2ccc(F)cc2)cc1OC(F)F. The fraction of sp³-hybridized carbons (Fsp3) is 0.176. The molecule has 138 valence electrons. The number of rotatable bonds is 6. The number of hydrogen-bond acceptors (Lipinski definition) is 4. The Bertz CT molecular complexity index is 782. The van der Waals surface area contributed by atoms with Crippen LogP contribution in [-0.2, 0) is 16.1 Å². The third-order valence-corrected chi connectivity index (χ3v) is 3.21. The van der Waals surface area contributed by atoms with Crippen molar-refractivity contribution in [3.63, 3.8) is 0 Å². The summed E-state index contributed by atoms with van der Waals surface area (Å²) in [5.74, 6) is -2.60. The van der Waals surface area contributed by atoms with E-state index in [1.165, 1.54) is 43.5 Å². The maximum absolute atomic E-state index is 12.8. The number of hydrogen-bond donors (Lipinski definition) is 2. The highest BCUT2D eigenvalue weighted by atomic mass is 19.3. The van der Waals surface area contributed by atoms with Crippen molar-refractivity contribution in [3.05, 3.63) is 53.8 Å². The summed E-state index contributed by atoms with van der Waals surface area (Å²) >= 11 is 0. The lowest BCUT2D eigenvalue weighted by molar-refractivity contribution is -0.136. The fourth-order valence-electron chi connectivity index (χ4n) is 2.00. The molecule has 0 saturated heterocycles. The first-order chi connectivity index (χ1) is 12.4. The topological polar surface area (TPSA) is 76.7 Å². The van der Waals surface area contributed by atoms with E-state index in [0.29, 0.717) is 5.56 Å². The van der Waals surface area contributed by atoms with Crippen LogP contribution >= 0.6 is 0 Å². The predicted molar refractivity (Wildman–Crippen MR) is 86.5 cm³/mol. The molecule has 0 aliphatic heterocycles. The molecule has 6 nitrogen and oxygen atoms in total. The van der Waals surface area contributed by atoms with Crippen LogP contribution in [0.3, 0.4) is 0 Å². The average Bonchev–Trinajstić information content (AvgIpc) is 2.60. The lowest BCUT2D eigenvalue weighted by atomic mass is 10.2. The minimum Gasteiger partial charge on any atom is -0.493 e. The monoisotopic (exact) mass is 368 g/mol. The number of ether oxygens (including phenoxy) is 2. The van der Waals surface area contributed by atoms with Gasteiger partial charge in [-0.2, -0.15) is 8.78 Å². The Morgan fingerprint density at radius 2 is 1.73 bits per heavy atom. The Hall–Kier alpha value is -3.23.